The second-order valence-electron chi connectivity index (χ2n) is 8.30. The molecule has 2 unspecified atom stereocenters. The summed E-state index contributed by atoms with van der Waals surface area (Å²) in [6.45, 7) is 0. The smallest absolute Gasteiger partial charge is 0.350 e. The van der Waals surface area contributed by atoms with Crippen LogP contribution in [0.1, 0.15) is 25.7 Å². The zero-order chi connectivity index (χ0) is 22.2. The first-order valence-electron chi connectivity index (χ1n) is 10.6. The van der Waals surface area contributed by atoms with E-state index in [0.29, 0.717) is 23.2 Å². The van der Waals surface area contributed by atoms with Gasteiger partial charge in [0.15, 0.2) is 12.0 Å². The molecule has 10 heteroatoms. The number of ether oxygens (including phenoxy) is 1. The maximum Gasteiger partial charge on any atom is 0.350 e. The van der Waals surface area contributed by atoms with Crippen molar-refractivity contribution < 1.29 is 14.2 Å². The van der Waals surface area contributed by atoms with Crippen LogP contribution in [0, 0.1) is 0 Å². The first-order chi connectivity index (χ1) is 15.5. The summed E-state index contributed by atoms with van der Waals surface area (Å²) < 4.78 is 21.8. The maximum absolute atomic E-state index is 14.7. The molecule has 3 aromatic rings. The normalized spacial score (nSPS) is 24.8. The Morgan fingerprint density at radius 1 is 1.22 bits per heavy atom. The lowest BCUT2D eigenvalue weighted by molar-refractivity contribution is 0.00652. The summed E-state index contributed by atoms with van der Waals surface area (Å²) in [6.07, 6.45) is 3.25. The van der Waals surface area contributed by atoms with Crippen molar-refractivity contribution in [1.82, 2.24) is 30.0 Å². The molecule has 0 amide bonds. The fourth-order valence-corrected chi connectivity index (χ4v) is 4.37. The number of nitrogens with zero attached hydrogens (tertiary/aromatic N) is 5. The Hall–Kier alpha value is -3.40. The number of halogens is 1. The van der Waals surface area contributed by atoms with E-state index in [4.69, 9.17) is 4.74 Å². The van der Waals surface area contributed by atoms with Crippen LogP contribution in [-0.2, 0) is 7.05 Å². The minimum Gasteiger partial charge on any atom is -0.507 e. The van der Waals surface area contributed by atoms with Gasteiger partial charge in [-0.05, 0) is 31.0 Å². The fourth-order valence-electron chi connectivity index (χ4n) is 4.37. The number of nitrogens with one attached hydrogen (secondary N) is 1. The molecular formula is C22H23FN6O3. The molecule has 1 aromatic carbocycles. The van der Waals surface area contributed by atoms with E-state index < -0.39 is 18.0 Å². The van der Waals surface area contributed by atoms with E-state index >= 15 is 0 Å². The summed E-state index contributed by atoms with van der Waals surface area (Å²) in [7, 11) is 1.56. The number of phenols is 1. The van der Waals surface area contributed by atoms with E-state index in [1.807, 2.05) is 0 Å². The fraction of sp³-hybridized carbons (Fsp3) is 0.409. The van der Waals surface area contributed by atoms with Gasteiger partial charge in [0.05, 0.1) is 5.69 Å². The van der Waals surface area contributed by atoms with Crippen LogP contribution in [0.25, 0.3) is 22.6 Å². The number of phenolic OH excluding ortho intramolecular Hbond substituents is 1. The Morgan fingerprint density at radius 2 is 2.09 bits per heavy atom. The Balaban J connectivity index is 1.32. The van der Waals surface area contributed by atoms with Crippen molar-refractivity contribution in [1.29, 1.82) is 0 Å². The quantitative estimate of drug-likeness (QED) is 0.636. The first kappa shape index (κ1) is 20.5. The molecule has 4 atom stereocenters. The number of alkyl halides is 1. The number of rotatable bonds is 4. The highest BCUT2D eigenvalue weighted by atomic mass is 19.1. The SMILES string of the molecule is Cn1cnc(-c2ccc(-c3ccc(O[C@@H]4CC5CCCC(N5)[C@@H]4F)nn3)c(O)c2)nc1=O. The zero-order valence-electron chi connectivity index (χ0n) is 17.5. The molecular weight excluding hydrogens is 415 g/mol. The lowest BCUT2D eigenvalue weighted by atomic mass is 9.84. The van der Waals surface area contributed by atoms with Gasteiger partial charge in [-0.15, -0.1) is 10.2 Å². The number of aromatic hydroxyl groups is 1. The van der Waals surface area contributed by atoms with Crippen molar-refractivity contribution in [2.45, 2.75) is 50.0 Å². The van der Waals surface area contributed by atoms with E-state index in [2.05, 4.69) is 25.5 Å². The van der Waals surface area contributed by atoms with Gasteiger partial charge in [0.2, 0.25) is 5.88 Å². The molecule has 5 rings (SSSR count). The third-order valence-electron chi connectivity index (χ3n) is 6.07. The zero-order valence-corrected chi connectivity index (χ0v) is 17.5. The van der Waals surface area contributed by atoms with Gasteiger partial charge in [0, 0.05) is 42.7 Å². The van der Waals surface area contributed by atoms with E-state index in [1.54, 1.807) is 31.3 Å². The van der Waals surface area contributed by atoms with Crippen LogP contribution in [0.15, 0.2) is 41.5 Å². The third kappa shape index (κ3) is 3.93. The second-order valence-corrected chi connectivity index (χ2v) is 8.30. The molecule has 32 heavy (non-hydrogen) atoms. The van der Waals surface area contributed by atoms with Crippen molar-refractivity contribution in [3.63, 3.8) is 0 Å². The van der Waals surface area contributed by atoms with Crippen molar-refractivity contribution >= 4 is 0 Å². The standard InChI is InChI=1S/C22H23FN6O3/c1-29-11-24-21(26-22(29)31)12-5-6-14(17(30)9-12)15-7-8-19(28-27-15)32-18-10-13-3-2-4-16(25-13)20(18)23/h5-9,11,13,16,18,20,25,30H,2-4,10H2,1H3/t13?,16?,18-,20+/m1/s1. The summed E-state index contributed by atoms with van der Waals surface area (Å²) in [4.78, 5) is 19.7. The van der Waals surface area contributed by atoms with E-state index in [-0.39, 0.29) is 29.5 Å². The van der Waals surface area contributed by atoms with Crippen molar-refractivity contribution in [3.05, 3.63) is 47.1 Å². The number of hydrogen-bond donors (Lipinski definition) is 2. The number of benzene rings is 1. The van der Waals surface area contributed by atoms with Crippen LogP contribution in [0.5, 0.6) is 11.6 Å². The molecule has 2 aliphatic rings. The highest BCUT2D eigenvalue weighted by Crippen LogP contribution is 2.33. The Bertz CT molecular complexity index is 1190. The molecule has 2 aromatic heterocycles. The Morgan fingerprint density at radius 3 is 2.84 bits per heavy atom. The molecule has 2 aliphatic heterocycles. The van der Waals surface area contributed by atoms with E-state index in [0.717, 1.165) is 19.3 Å². The summed E-state index contributed by atoms with van der Waals surface area (Å²) >= 11 is 0. The van der Waals surface area contributed by atoms with Crippen LogP contribution in [-0.4, -0.2) is 54.2 Å². The van der Waals surface area contributed by atoms with Gasteiger partial charge in [0.1, 0.15) is 18.2 Å². The van der Waals surface area contributed by atoms with Gasteiger partial charge in [-0.3, -0.25) is 4.57 Å². The molecule has 2 bridgehead atoms. The molecule has 4 heterocycles. The number of piperidine rings is 2. The number of hydrogen-bond acceptors (Lipinski definition) is 8. The van der Waals surface area contributed by atoms with Gasteiger partial charge in [-0.2, -0.15) is 4.98 Å². The first-order valence-corrected chi connectivity index (χ1v) is 10.6. The minimum absolute atomic E-state index is 0.0512. The number of aryl methyl sites for hydroxylation is 1. The van der Waals surface area contributed by atoms with Gasteiger partial charge >= 0.3 is 5.69 Å². The molecule has 0 spiro atoms. The predicted molar refractivity (Wildman–Crippen MR) is 114 cm³/mol. The average Bonchev–Trinajstić information content (AvgIpc) is 2.80. The molecule has 2 N–H and O–H groups in total. The van der Waals surface area contributed by atoms with E-state index in [9.17, 15) is 14.3 Å². The topological polar surface area (TPSA) is 115 Å². The summed E-state index contributed by atoms with van der Waals surface area (Å²) in [6, 6.07) is 8.23. The maximum atomic E-state index is 14.7. The summed E-state index contributed by atoms with van der Waals surface area (Å²) in [5, 5.41) is 22.0. The highest BCUT2D eigenvalue weighted by Gasteiger charge is 2.41. The van der Waals surface area contributed by atoms with Crippen LogP contribution in [0.3, 0.4) is 0 Å². The molecule has 0 saturated carbocycles. The van der Waals surface area contributed by atoms with Crippen molar-refractivity contribution in [2.75, 3.05) is 0 Å². The van der Waals surface area contributed by atoms with Crippen LogP contribution < -0.4 is 15.7 Å². The van der Waals surface area contributed by atoms with Gasteiger partial charge in [0.25, 0.3) is 0 Å². The summed E-state index contributed by atoms with van der Waals surface area (Å²) in [5.41, 5.74) is 0.955. The lowest BCUT2D eigenvalue weighted by Crippen LogP contribution is -2.59. The Kier molecular flexibility index (Phi) is 5.30. The number of aromatic nitrogens is 5. The predicted octanol–water partition coefficient (Wildman–Crippen LogP) is 2.00. The molecule has 2 fully saturated rings. The van der Waals surface area contributed by atoms with Crippen LogP contribution in [0.2, 0.25) is 0 Å². The molecule has 0 aliphatic carbocycles. The molecule has 166 valence electrons. The second kappa shape index (κ2) is 8.27. The minimum atomic E-state index is -1.08. The van der Waals surface area contributed by atoms with Gasteiger partial charge in [-0.25, -0.2) is 14.2 Å². The van der Waals surface area contributed by atoms with Crippen molar-refractivity contribution in [2.24, 2.45) is 7.05 Å². The molecule has 2 saturated heterocycles. The Labute approximate surface area is 183 Å². The summed E-state index contributed by atoms with van der Waals surface area (Å²) in [5.74, 6) is 0.424. The molecule has 9 nitrogen and oxygen atoms in total. The van der Waals surface area contributed by atoms with Crippen molar-refractivity contribution in [3.8, 4) is 34.3 Å². The average molecular weight is 438 g/mol. The highest BCUT2D eigenvalue weighted by molar-refractivity contribution is 5.71. The lowest BCUT2D eigenvalue weighted by Gasteiger charge is -2.42. The number of fused-ring (bicyclic) bond motifs is 2. The van der Waals surface area contributed by atoms with Gasteiger partial charge < -0.3 is 15.2 Å². The van der Waals surface area contributed by atoms with Crippen LogP contribution in [0.4, 0.5) is 4.39 Å². The third-order valence-corrected chi connectivity index (χ3v) is 6.07. The largest absolute Gasteiger partial charge is 0.507 e. The van der Waals surface area contributed by atoms with Gasteiger partial charge in [-0.1, -0.05) is 12.5 Å². The van der Waals surface area contributed by atoms with E-state index in [1.165, 1.54) is 17.0 Å². The monoisotopic (exact) mass is 438 g/mol. The van der Waals surface area contributed by atoms with Crippen LogP contribution >= 0.6 is 0 Å². The molecule has 0 radical (unpaired) electrons.